The zero-order valence-corrected chi connectivity index (χ0v) is 17.9. The molecule has 9 nitrogen and oxygen atoms in total. The number of hydrogen-bond donors (Lipinski definition) is 0. The molecule has 1 aliphatic heterocycles. The molecule has 0 radical (unpaired) electrons. The highest BCUT2D eigenvalue weighted by atomic mass is 16.5. The summed E-state index contributed by atoms with van der Waals surface area (Å²) in [6.45, 7) is 1.86. The van der Waals surface area contributed by atoms with Gasteiger partial charge in [-0.2, -0.15) is 0 Å². The van der Waals surface area contributed by atoms with E-state index in [0.29, 0.717) is 50.3 Å². The van der Waals surface area contributed by atoms with Gasteiger partial charge < -0.3 is 14.5 Å². The lowest BCUT2D eigenvalue weighted by molar-refractivity contribution is -0.136. The minimum atomic E-state index is -0.449. The number of ether oxygens (including phenoxy) is 1. The van der Waals surface area contributed by atoms with Gasteiger partial charge in [0, 0.05) is 46.0 Å². The summed E-state index contributed by atoms with van der Waals surface area (Å²) in [6.07, 6.45) is 2.24. The predicted molar refractivity (Wildman–Crippen MR) is 118 cm³/mol. The highest BCUT2D eigenvalue weighted by molar-refractivity contribution is 5.93. The number of methoxy groups -OCH3 is 1. The number of pyridine rings is 1. The molecule has 4 rings (SSSR count). The fourth-order valence-electron chi connectivity index (χ4n) is 3.83. The predicted octanol–water partition coefficient (Wildman–Crippen LogP) is 0.965. The van der Waals surface area contributed by atoms with Crippen molar-refractivity contribution in [3.05, 3.63) is 70.3 Å². The number of piperazine rings is 1. The fourth-order valence-corrected chi connectivity index (χ4v) is 3.83. The molecule has 0 saturated carbocycles. The maximum Gasteiger partial charge on any atom is 0.283 e. The number of benzene rings is 1. The Morgan fingerprint density at radius 1 is 1.00 bits per heavy atom. The normalized spacial score (nSPS) is 14.0. The van der Waals surface area contributed by atoms with Gasteiger partial charge in [-0.05, 0) is 24.1 Å². The Bertz CT molecular complexity index is 1170. The number of carbonyl (C=O) groups excluding carboxylic acids is 2. The number of rotatable bonds is 6. The van der Waals surface area contributed by atoms with Crippen molar-refractivity contribution in [2.75, 3.05) is 39.9 Å². The molecular weight excluding hydrogens is 410 g/mol. The first-order valence-corrected chi connectivity index (χ1v) is 10.5. The molecule has 166 valence electrons. The largest absolute Gasteiger partial charge is 0.375 e. The molecule has 1 saturated heterocycles. The first-order valence-electron chi connectivity index (χ1n) is 10.5. The molecule has 0 bridgehead atoms. The van der Waals surface area contributed by atoms with Gasteiger partial charge in [-0.3, -0.25) is 19.0 Å². The number of hydrogen-bond acceptors (Lipinski definition) is 6. The zero-order valence-electron chi connectivity index (χ0n) is 17.9. The van der Waals surface area contributed by atoms with Gasteiger partial charge >= 0.3 is 0 Å². The van der Waals surface area contributed by atoms with Gasteiger partial charge in [0.1, 0.15) is 12.1 Å². The lowest BCUT2D eigenvalue weighted by atomic mass is 10.1. The maximum atomic E-state index is 13.3. The van der Waals surface area contributed by atoms with Gasteiger partial charge in [0.15, 0.2) is 11.3 Å². The van der Waals surface area contributed by atoms with E-state index in [4.69, 9.17) is 4.74 Å². The van der Waals surface area contributed by atoms with Crippen molar-refractivity contribution < 1.29 is 14.3 Å². The molecule has 2 aromatic heterocycles. The average Bonchev–Trinajstić information content (AvgIpc) is 2.83. The first kappa shape index (κ1) is 21.6. The Morgan fingerprint density at radius 2 is 1.72 bits per heavy atom. The Hall–Kier alpha value is -3.59. The van der Waals surface area contributed by atoms with Crippen LogP contribution in [0.4, 0.5) is 0 Å². The quantitative estimate of drug-likeness (QED) is 0.572. The second-order valence-electron chi connectivity index (χ2n) is 7.60. The van der Waals surface area contributed by atoms with Gasteiger partial charge in [0.2, 0.25) is 5.91 Å². The highest BCUT2D eigenvalue weighted by Crippen LogP contribution is 2.12. The standard InChI is InChI=1S/C23H25N5O4/c1-32-16-19(29)26-12-14-27(15-13-26)22(30)20-23(31)28(11-9-17-6-3-2-4-7-17)21-18(25-20)8-5-10-24-21/h2-8,10H,9,11-16H2,1H3. The molecular formula is C23H25N5O4. The van der Waals surface area contributed by atoms with Crippen LogP contribution in [0.2, 0.25) is 0 Å². The number of aromatic nitrogens is 3. The molecule has 0 aliphatic carbocycles. The molecule has 3 aromatic rings. The lowest BCUT2D eigenvalue weighted by Gasteiger charge is -2.34. The van der Waals surface area contributed by atoms with Gasteiger partial charge in [0.05, 0.1) is 0 Å². The topological polar surface area (TPSA) is 97.6 Å². The average molecular weight is 435 g/mol. The summed E-state index contributed by atoms with van der Waals surface area (Å²) in [7, 11) is 1.47. The molecule has 9 heteroatoms. The van der Waals surface area contributed by atoms with Gasteiger partial charge in [-0.15, -0.1) is 0 Å². The molecule has 32 heavy (non-hydrogen) atoms. The Kier molecular flexibility index (Phi) is 6.55. The minimum Gasteiger partial charge on any atom is -0.375 e. The summed E-state index contributed by atoms with van der Waals surface area (Å²) >= 11 is 0. The van der Waals surface area contributed by atoms with Crippen LogP contribution >= 0.6 is 0 Å². The molecule has 1 aliphatic rings. The summed E-state index contributed by atoms with van der Waals surface area (Å²) in [6, 6.07) is 13.3. The summed E-state index contributed by atoms with van der Waals surface area (Å²) in [5.41, 5.74) is 1.48. The molecule has 0 N–H and O–H groups in total. The van der Waals surface area contributed by atoms with Crippen molar-refractivity contribution >= 4 is 23.0 Å². The number of amides is 2. The van der Waals surface area contributed by atoms with E-state index in [1.807, 2.05) is 30.3 Å². The smallest absolute Gasteiger partial charge is 0.283 e. The van der Waals surface area contributed by atoms with Crippen molar-refractivity contribution in [3.8, 4) is 0 Å². The molecule has 0 unspecified atom stereocenters. The molecule has 2 amide bonds. The van der Waals surface area contributed by atoms with Gasteiger partial charge in [-0.25, -0.2) is 9.97 Å². The fraction of sp³-hybridized carbons (Fsp3) is 0.348. The number of carbonyl (C=O) groups is 2. The van der Waals surface area contributed by atoms with Crippen molar-refractivity contribution in [3.63, 3.8) is 0 Å². The maximum absolute atomic E-state index is 13.3. The third-order valence-electron chi connectivity index (χ3n) is 5.56. The third kappa shape index (κ3) is 4.52. The van der Waals surface area contributed by atoms with Crippen LogP contribution in [-0.4, -0.2) is 76.0 Å². The second kappa shape index (κ2) is 9.69. The number of fused-ring (bicyclic) bond motifs is 1. The summed E-state index contributed by atoms with van der Waals surface area (Å²) in [4.78, 5) is 50.4. The van der Waals surface area contributed by atoms with Crippen LogP contribution in [0.1, 0.15) is 16.1 Å². The summed E-state index contributed by atoms with van der Waals surface area (Å²) in [5, 5.41) is 0. The Labute approximate surface area is 185 Å². The highest BCUT2D eigenvalue weighted by Gasteiger charge is 2.28. The van der Waals surface area contributed by atoms with E-state index in [-0.39, 0.29) is 18.2 Å². The van der Waals surface area contributed by atoms with E-state index < -0.39 is 11.5 Å². The Morgan fingerprint density at radius 3 is 2.44 bits per heavy atom. The number of aryl methyl sites for hydroxylation is 2. The monoisotopic (exact) mass is 435 g/mol. The molecule has 1 aromatic carbocycles. The van der Waals surface area contributed by atoms with E-state index in [0.717, 1.165) is 5.56 Å². The van der Waals surface area contributed by atoms with Crippen LogP contribution < -0.4 is 5.56 Å². The van der Waals surface area contributed by atoms with Gasteiger partial charge in [0.25, 0.3) is 11.5 Å². The third-order valence-corrected chi connectivity index (χ3v) is 5.56. The van der Waals surface area contributed by atoms with Crippen molar-refractivity contribution in [1.29, 1.82) is 0 Å². The van der Waals surface area contributed by atoms with Crippen LogP contribution in [0.5, 0.6) is 0 Å². The summed E-state index contributed by atoms with van der Waals surface area (Å²) < 4.78 is 6.42. The summed E-state index contributed by atoms with van der Waals surface area (Å²) in [5.74, 6) is -0.536. The second-order valence-corrected chi connectivity index (χ2v) is 7.60. The van der Waals surface area contributed by atoms with Crippen LogP contribution in [0.15, 0.2) is 53.5 Å². The van der Waals surface area contributed by atoms with E-state index in [1.54, 1.807) is 28.1 Å². The number of nitrogens with zero attached hydrogens (tertiary/aromatic N) is 5. The van der Waals surface area contributed by atoms with E-state index in [9.17, 15) is 14.4 Å². The van der Waals surface area contributed by atoms with Crippen LogP contribution in [0.3, 0.4) is 0 Å². The molecule has 1 fully saturated rings. The van der Waals surface area contributed by atoms with Crippen molar-refractivity contribution in [2.45, 2.75) is 13.0 Å². The van der Waals surface area contributed by atoms with Crippen molar-refractivity contribution in [1.82, 2.24) is 24.3 Å². The first-order chi connectivity index (χ1) is 15.6. The lowest BCUT2D eigenvalue weighted by Crippen LogP contribution is -2.52. The zero-order chi connectivity index (χ0) is 22.5. The van der Waals surface area contributed by atoms with Crippen molar-refractivity contribution in [2.24, 2.45) is 0 Å². The minimum absolute atomic E-state index is 0.0132. The van der Waals surface area contributed by atoms with E-state index in [1.165, 1.54) is 11.7 Å². The van der Waals surface area contributed by atoms with Gasteiger partial charge in [-0.1, -0.05) is 30.3 Å². The van der Waals surface area contributed by atoms with E-state index >= 15 is 0 Å². The molecule has 3 heterocycles. The van der Waals surface area contributed by atoms with Crippen LogP contribution in [0.25, 0.3) is 11.2 Å². The van der Waals surface area contributed by atoms with Crippen LogP contribution in [-0.2, 0) is 22.5 Å². The molecule has 0 spiro atoms. The SMILES string of the molecule is COCC(=O)N1CCN(C(=O)c2nc3cccnc3n(CCc3ccccc3)c2=O)CC1. The molecule has 0 atom stereocenters. The Balaban J connectivity index is 1.59. The van der Waals surface area contributed by atoms with Crippen LogP contribution in [0, 0.1) is 0 Å². The van der Waals surface area contributed by atoms with E-state index in [2.05, 4.69) is 9.97 Å².